The molecule has 1 aliphatic heterocycles. The summed E-state index contributed by atoms with van der Waals surface area (Å²) in [7, 11) is 0. The Balaban J connectivity index is 0.00000180. The predicted molar refractivity (Wildman–Crippen MR) is 82.8 cm³/mol. The molecule has 1 saturated heterocycles. The Morgan fingerprint density at radius 1 is 1.37 bits per heavy atom. The van der Waals surface area contributed by atoms with Crippen molar-refractivity contribution in [2.45, 2.75) is 6.42 Å². The molecule has 0 amide bonds. The zero-order valence-electron chi connectivity index (χ0n) is 10.6. The maximum absolute atomic E-state index is 6.03. The van der Waals surface area contributed by atoms with Crippen LogP contribution in [-0.4, -0.2) is 37.7 Å². The first-order valence-electron chi connectivity index (χ1n) is 6.19. The monoisotopic (exact) mass is 324 g/mol. The van der Waals surface area contributed by atoms with Crippen LogP contribution in [0.3, 0.4) is 0 Å². The van der Waals surface area contributed by atoms with E-state index in [4.69, 9.17) is 33.7 Å². The normalized spacial score (nSPS) is 19.2. The number of ether oxygens (including phenoxy) is 1. The minimum Gasteiger partial charge on any atom is -0.491 e. The molecule has 1 heterocycles. The van der Waals surface area contributed by atoms with E-state index in [0.29, 0.717) is 28.3 Å². The second-order valence-corrected chi connectivity index (χ2v) is 5.46. The van der Waals surface area contributed by atoms with E-state index >= 15 is 0 Å². The number of hydrogen-bond donors (Lipinski definition) is 1. The first-order valence-corrected chi connectivity index (χ1v) is 6.95. The number of hydrogen-bond acceptors (Lipinski definition) is 3. The van der Waals surface area contributed by atoms with Gasteiger partial charge in [0.25, 0.3) is 0 Å². The number of benzene rings is 1. The van der Waals surface area contributed by atoms with Crippen LogP contribution in [0.4, 0.5) is 0 Å². The molecule has 1 atom stereocenters. The van der Waals surface area contributed by atoms with Crippen molar-refractivity contribution < 1.29 is 4.74 Å². The summed E-state index contributed by atoms with van der Waals surface area (Å²) < 4.78 is 5.66. The lowest BCUT2D eigenvalue weighted by Crippen LogP contribution is -2.27. The van der Waals surface area contributed by atoms with Crippen LogP contribution in [0, 0.1) is 5.92 Å². The molecule has 0 spiro atoms. The number of nitrogens with zero attached hydrogens (tertiary/aromatic N) is 1. The quantitative estimate of drug-likeness (QED) is 0.904. The minimum absolute atomic E-state index is 0. The fourth-order valence-corrected chi connectivity index (χ4v) is 2.65. The highest BCUT2D eigenvalue weighted by Crippen LogP contribution is 2.27. The SMILES string of the molecule is Cl.NCC1CCN(CCOc2ccc(Cl)cc2Cl)C1. The van der Waals surface area contributed by atoms with Gasteiger partial charge in [-0.25, -0.2) is 0 Å². The van der Waals surface area contributed by atoms with Crippen molar-refractivity contribution in [1.29, 1.82) is 0 Å². The van der Waals surface area contributed by atoms with Crippen molar-refractivity contribution in [3.8, 4) is 5.75 Å². The van der Waals surface area contributed by atoms with E-state index in [1.165, 1.54) is 6.42 Å². The standard InChI is InChI=1S/C13H18Cl2N2O.ClH/c14-11-1-2-13(12(15)7-11)18-6-5-17-4-3-10(8-16)9-17;/h1-2,7,10H,3-6,8-9,16H2;1H. The molecule has 2 N–H and O–H groups in total. The lowest BCUT2D eigenvalue weighted by molar-refractivity contribution is 0.233. The molecule has 0 bridgehead atoms. The fourth-order valence-electron chi connectivity index (χ4n) is 2.19. The van der Waals surface area contributed by atoms with Gasteiger partial charge in [-0.15, -0.1) is 12.4 Å². The Bertz CT molecular complexity index is 403. The zero-order chi connectivity index (χ0) is 13.0. The van der Waals surface area contributed by atoms with Gasteiger partial charge in [-0.2, -0.15) is 0 Å². The van der Waals surface area contributed by atoms with Crippen LogP contribution in [0.25, 0.3) is 0 Å². The summed E-state index contributed by atoms with van der Waals surface area (Å²) in [5.74, 6) is 1.33. The average molecular weight is 326 g/mol. The Kier molecular flexibility index (Phi) is 7.26. The first-order chi connectivity index (χ1) is 8.69. The van der Waals surface area contributed by atoms with Crippen LogP contribution >= 0.6 is 35.6 Å². The molecule has 1 unspecified atom stereocenters. The molecule has 1 aromatic rings. The van der Waals surface area contributed by atoms with E-state index < -0.39 is 0 Å². The van der Waals surface area contributed by atoms with Crippen LogP contribution in [0.1, 0.15) is 6.42 Å². The van der Waals surface area contributed by atoms with Crippen molar-refractivity contribution in [3.63, 3.8) is 0 Å². The highest BCUT2D eigenvalue weighted by atomic mass is 35.5. The van der Waals surface area contributed by atoms with Gasteiger partial charge in [-0.3, -0.25) is 4.90 Å². The lowest BCUT2D eigenvalue weighted by atomic mass is 10.1. The highest BCUT2D eigenvalue weighted by Gasteiger charge is 2.20. The van der Waals surface area contributed by atoms with Gasteiger partial charge >= 0.3 is 0 Å². The van der Waals surface area contributed by atoms with Crippen molar-refractivity contribution in [1.82, 2.24) is 4.90 Å². The molecule has 108 valence electrons. The van der Waals surface area contributed by atoms with Gasteiger partial charge in [0.2, 0.25) is 0 Å². The molecule has 1 aliphatic rings. The topological polar surface area (TPSA) is 38.5 Å². The smallest absolute Gasteiger partial charge is 0.138 e. The van der Waals surface area contributed by atoms with Crippen molar-refractivity contribution in [3.05, 3.63) is 28.2 Å². The first kappa shape index (κ1) is 16.9. The largest absolute Gasteiger partial charge is 0.491 e. The zero-order valence-corrected chi connectivity index (χ0v) is 13.0. The lowest BCUT2D eigenvalue weighted by Gasteiger charge is -2.16. The summed E-state index contributed by atoms with van der Waals surface area (Å²) in [6.45, 7) is 4.52. The van der Waals surface area contributed by atoms with E-state index in [1.54, 1.807) is 18.2 Å². The van der Waals surface area contributed by atoms with Crippen molar-refractivity contribution >= 4 is 35.6 Å². The Morgan fingerprint density at radius 3 is 2.79 bits per heavy atom. The molecule has 2 rings (SSSR count). The molecule has 0 aliphatic carbocycles. The summed E-state index contributed by atoms with van der Waals surface area (Å²) in [6, 6.07) is 5.28. The average Bonchev–Trinajstić information content (AvgIpc) is 2.80. The minimum atomic E-state index is 0. The molecular weight excluding hydrogens is 307 g/mol. The molecule has 1 fully saturated rings. The van der Waals surface area contributed by atoms with E-state index in [2.05, 4.69) is 4.90 Å². The van der Waals surface area contributed by atoms with E-state index in [0.717, 1.165) is 26.2 Å². The summed E-state index contributed by atoms with van der Waals surface area (Å²) >= 11 is 11.9. The third-order valence-electron chi connectivity index (χ3n) is 3.26. The molecule has 19 heavy (non-hydrogen) atoms. The number of likely N-dealkylation sites (tertiary alicyclic amines) is 1. The number of halogens is 3. The number of nitrogens with two attached hydrogens (primary N) is 1. The third-order valence-corrected chi connectivity index (χ3v) is 3.79. The maximum atomic E-state index is 6.03. The fraction of sp³-hybridized carbons (Fsp3) is 0.538. The molecular formula is C13H19Cl3N2O. The van der Waals surface area contributed by atoms with Gasteiger partial charge in [-0.1, -0.05) is 23.2 Å². The van der Waals surface area contributed by atoms with Crippen molar-refractivity contribution in [2.24, 2.45) is 11.7 Å². The van der Waals surface area contributed by atoms with Crippen molar-refractivity contribution in [2.75, 3.05) is 32.8 Å². The van der Waals surface area contributed by atoms with Gasteiger partial charge in [0.1, 0.15) is 12.4 Å². The molecule has 0 radical (unpaired) electrons. The van der Waals surface area contributed by atoms with Crippen LogP contribution < -0.4 is 10.5 Å². The van der Waals surface area contributed by atoms with E-state index in [-0.39, 0.29) is 12.4 Å². The Morgan fingerprint density at radius 2 is 2.16 bits per heavy atom. The van der Waals surface area contributed by atoms with Crippen LogP contribution in [0.15, 0.2) is 18.2 Å². The molecule has 3 nitrogen and oxygen atoms in total. The summed E-state index contributed by atoms with van der Waals surface area (Å²) in [4.78, 5) is 2.38. The third kappa shape index (κ3) is 5.01. The molecule has 1 aromatic carbocycles. The molecule has 0 aromatic heterocycles. The van der Waals surface area contributed by atoms with Gasteiger partial charge in [0.05, 0.1) is 5.02 Å². The van der Waals surface area contributed by atoms with E-state index in [9.17, 15) is 0 Å². The Hall–Kier alpha value is -0.190. The summed E-state index contributed by atoms with van der Waals surface area (Å²) in [5.41, 5.74) is 5.66. The van der Waals surface area contributed by atoms with Crippen LogP contribution in [-0.2, 0) is 0 Å². The Labute approximate surface area is 130 Å². The van der Waals surface area contributed by atoms with Gasteiger partial charge < -0.3 is 10.5 Å². The van der Waals surface area contributed by atoms with Gasteiger partial charge in [-0.05, 0) is 43.6 Å². The second-order valence-electron chi connectivity index (χ2n) is 4.61. The van der Waals surface area contributed by atoms with Crippen LogP contribution in [0.2, 0.25) is 10.0 Å². The maximum Gasteiger partial charge on any atom is 0.138 e. The van der Waals surface area contributed by atoms with Crippen LogP contribution in [0.5, 0.6) is 5.75 Å². The highest BCUT2D eigenvalue weighted by molar-refractivity contribution is 6.35. The predicted octanol–water partition coefficient (Wildman–Crippen LogP) is 3.07. The summed E-state index contributed by atoms with van der Waals surface area (Å²) in [5, 5.41) is 1.18. The van der Waals surface area contributed by atoms with Gasteiger partial charge in [0.15, 0.2) is 0 Å². The number of rotatable bonds is 5. The molecule has 6 heteroatoms. The van der Waals surface area contributed by atoms with Gasteiger partial charge in [0, 0.05) is 18.1 Å². The summed E-state index contributed by atoms with van der Waals surface area (Å²) in [6.07, 6.45) is 1.19. The second kappa shape index (κ2) is 8.18. The molecule has 0 saturated carbocycles. The van der Waals surface area contributed by atoms with E-state index in [1.807, 2.05) is 0 Å².